The summed E-state index contributed by atoms with van der Waals surface area (Å²) in [4.78, 5) is 1.39. The highest BCUT2D eigenvalue weighted by molar-refractivity contribution is 8.00. The van der Waals surface area contributed by atoms with Crippen LogP contribution in [0.2, 0.25) is 0 Å². The molecule has 1 saturated carbocycles. The van der Waals surface area contributed by atoms with Crippen molar-refractivity contribution in [1.29, 1.82) is 0 Å². The molecular weight excluding hydrogens is 238 g/mol. The van der Waals surface area contributed by atoms with E-state index in [1.165, 1.54) is 42.6 Å². The monoisotopic (exact) mass is 263 g/mol. The normalized spacial score (nSPS) is 18.8. The molecule has 1 nitrogen and oxygen atoms in total. The molecule has 1 atom stereocenters. The lowest BCUT2D eigenvalue weighted by atomic mass is 9.95. The zero-order valence-electron chi connectivity index (χ0n) is 11.6. The minimum atomic E-state index is 0.648. The highest BCUT2D eigenvalue weighted by Crippen LogP contribution is 2.24. The molecular formula is C16H25NS. The molecule has 18 heavy (non-hydrogen) atoms. The number of aryl methyl sites for hydroxylation is 1. The van der Waals surface area contributed by atoms with Crippen LogP contribution in [0.3, 0.4) is 0 Å². The Labute approximate surface area is 116 Å². The summed E-state index contributed by atoms with van der Waals surface area (Å²) < 4.78 is 0. The fourth-order valence-corrected chi connectivity index (χ4v) is 3.47. The molecule has 2 rings (SSSR count). The number of hydrogen-bond acceptors (Lipinski definition) is 2. The molecule has 0 amide bonds. The Balaban J connectivity index is 1.71. The van der Waals surface area contributed by atoms with Crippen LogP contribution in [-0.2, 0) is 0 Å². The topological polar surface area (TPSA) is 12.0 Å². The van der Waals surface area contributed by atoms with Gasteiger partial charge < -0.3 is 5.32 Å². The molecule has 0 saturated heterocycles. The molecule has 1 N–H and O–H groups in total. The first-order chi connectivity index (χ1) is 8.74. The van der Waals surface area contributed by atoms with Gasteiger partial charge >= 0.3 is 0 Å². The number of rotatable bonds is 5. The number of nitrogens with one attached hydrogen (secondary N) is 1. The third-order valence-electron chi connectivity index (χ3n) is 3.66. The molecule has 0 aliphatic heterocycles. The minimum absolute atomic E-state index is 0.648. The maximum Gasteiger partial charge on any atom is 0.0191 e. The van der Waals surface area contributed by atoms with Gasteiger partial charge in [-0.1, -0.05) is 43.9 Å². The van der Waals surface area contributed by atoms with E-state index < -0.39 is 0 Å². The molecule has 1 unspecified atom stereocenters. The number of thioether (sulfide) groups is 1. The molecule has 0 aromatic heterocycles. The Morgan fingerprint density at radius 3 is 2.50 bits per heavy atom. The van der Waals surface area contributed by atoms with E-state index in [0.717, 1.165) is 12.6 Å². The zero-order valence-corrected chi connectivity index (χ0v) is 12.4. The maximum atomic E-state index is 3.73. The van der Waals surface area contributed by atoms with Crippen molar-refractivity contribution in [3.05, 3.63) is 29.8 Å². The highest BCUT2D eigenvalue weighted by atomic mass is 32.2. The van der Waals surface area contributed by atoms with Crippen molar-refractivity contribution in [2.45, 2.75) is 62.1 Å². The molecule has 1 fully saturated rings. The summed E-state index contributed by atoms with van der Waals surface area (Å²) in [6.45, 7) is 5.59. The van der Waals surface area contributed by atoms with E-state index in [2.05, 4.69) is 43.4 Å². The fourth-order valence-electron chi connectivity index (χ4n) is 2.53. The highest BCUT2D eigenvalue weighted by Gasteiger charge is 2.13. The summed E-state index contributed by atoms with van der Waals surface area (Å²) in [5.74, 6) is 0. The van der Waals surface area contributed by atoms with Gasteiger partial charge in [-0.3, -0.25) is 0 Å². The number of hydrogen-bond donors (Lipinski definition) is 1. The van der Waals surface area contributed by atoms with E-state index in [1.807, 2.05) is 11.8 Å². The van der Waals surface area contributed by atoms with Crippen LogP contribution in [0.25, 0.3) is 0 Å². The first kappa shape index (κ1) is 14.0. The van der Waals surface area contributed by atoms with Gasteiger partial charge in [0.25, 0.3) is 0 Å². The van der Waals surface area contributed by atoms with E-state index in [0.29, 0.717) is 5.25 Å². The van der Waals surface area contributed by atoms with Crippen LogP contribution in [0.1, 0.15) is 44.6 Å². The smallest absolute Gasteiger partial charge is 0.0191 e. The molecule has 1 aliphatic rings. The number of benzene rings is 1. The van der Waals surface area contributed by atoms with Crippen LogP contribution in [0.4, 0.5) is 0 Å². The molecule has 0 spiro atoms. The van der Waals surface area contributed by atoms with Crippen molar-refractivity contribution < 1.29 is 0 Å². The van der Waals surface area contributed by atoms with Crippen LogP contribution in [-0.4, -0.2) is 17.8 Å². The van der Waals surface area contributed by atoms with Crippen LogP contribution in [0.15, 0.2) is 29.2 Å². The van der Waals surface area contributed by atoms with Crippen molar-refractivity contribution in [3.8, 4) is 0 Å². The second kappa shape index (κ2) is 7.20. The van der Waals surface area contributed by atoms with Crippen LogP contribution in [0, 0.1) is 6.92 Å². The quantitative estimate of drug-likeness (QED) is 0.790. The Kier molecular flexibility index (Phi) is 5.58. The molecule has 0 bridgehead atoms. The molecule has 1 aliphatic carbocycles. The summed E-state index contributed by atoms with van der Waals surface area (Å²) in [5.41, 5.74) is 1.34. The van der Waals surface area contributed by atoms with Crippen LogP contribution in [0.5, 0.6) is 0 Å². The Morgan fingerprint density at radius 1 is 1.17 bits per heavy atom. The van der Waals surface area contributed by atoms with E-state index >= 15 is 0 Å². The van der Waals surface area contributed by atoms with E-state index in [1.54, 1.807) is 0 Å². The SMILES string of the molecule is Cc1ccc(SC(C)CNC2CCCCC2)cc1. The summed E-state index contributed by atoms with van der Waals surface area (Å²) in [7, 11) is 0. The maximum absolute atomic E-state index is 3.73. The van der Waals surface area contributed by atoms with Gasteiger partial charge in [-0.2, -0.15) is 0 Å². The van der Waals surface area contributed by atoms with Crippen molar-refractivity contribution in [1.82, 2.24) is 5.32 Å². The van der Waals surface area contributed by atoms with Gasteiger partial charge in [-0.25, -0.2) is 0 Å². The molecule has 1 aromatic carbocycles. The second-order valence-corrected chi connectivity index (χ2v) is 7.00. The average molecular weight is 263 g/mol. The Morgan fingerprint density at radius 2 is 1.83 bits per heavy atom. The third kappa shape index (κ3) is 4.66. The van der Waals surface area contributed by atoms with E-state index in [4.69, 9.17) is 0 Å². The lowest BCUT2D eigenvalue weighted by Crippen LogP contribution is -2.35. The van der Waals surface area contributed by atoms with Gasteiger partial charge in [-0.05, 0) is 31.9 Å². The van der Waals surface area contributed by atoms with Crippen molar-refractivity contribution in [2.24, 2.45) is 0 Å². The lowest BCUT2D eigenvalue weighted by molar-refractivity contribution is 0.375. The fraction of sp³-hybridized carbons (Fsp3) is 0.625. The van der Waals surface area contributed by atoms with Crippen LogP contribution < -0.4 is 5.32 Å². The van der Waals surface area contributed by atoms with E-state index in [-0.39, 0.29) is 0 Å². The molecule has 1 aromatic rings. The first-order valence-electron chi connectivity index (χ1n) is 7.21. The summed E-state index contributed by atoms with van der Waals surface area (Å²) in [6.07, 6.45) is 7.02. The van der Waals surface area contributed by atoms with Gasteiger partial charge in [0, 0.05) is 22.7 Å². The van der Waals surface area contributed by atoms with Gasteiger partial charge in [0.05, 0.1) is 0 Å². The van der Waals surface area contributed by atoms with Gasteiger partial charge in [0.1, 0.15) is 0 Å². The zero-order chi connectivity index (χ0) is 12.8. The van der Waals surface area contributed by atoms with Crippen LogP contribution >= 0.6 is 11.8 Å². The molecule has 2 heteroatoms. The standard InChI is InChI=1S/C16H25NS/c1-13-8-10-16(11-9-13)18-14(2)12-17-15-6-4-3-5-7-15/h8-11,14-15,17H,3-7,12H2,1-2H3. The molecule has 100 valence electrons. The summed E-state index contributed by atoms with van der Waals surface area (Å²) in [5, 5.41) is 4.38. The predicted octanol–water partition coefficient (Wildman–Crippen LogP) is 4.40. The van der Waals surface area contributed by atoms with Crippen molar-refractivity contribution >= 4 is 11.8 Å². The Bertz CT molecular complexity index is 341. The molecule has 0 radical (unpaired) electrons. The van der Waals surface area contributed by atoms with Crippen molar-refractivity contribution in [3.63, 3.8) is 0 Å². The van der Waals surface area contributed by atoms with E-state index in [9.17, 15) is 0 Å². The average Bonchev–Trinajstić information content (AvgIpc) is 2.40. The third-order valence-corrected chi connectivity index (χ3v) is 4.77. The minimum Gasteiger partial charge on any atom is -0.313 e. The second-order valence-electron chi connectivity index (χ2n) is 5.48. The lowest BCUT2D eigenvalue weighted by Gasteiger charge is -2.24. The van der Waals surface area contributed by atoms with Gasteiger partial charge in [0.2, 0.25) is 0 Å². The Hall–Kier alpha value is -0.470. The van der Waals surface area contributed by atoms with Crippen molar-refractivity contribution in [2.75, 3.05) is 6.54 Å². The first-order valence-corrected chi connectivity index (χ1v) is 8.09. The summed E-state index contributed by atoms with van der Waals surface area (Å²) in [6, 6.07) is 9.64. The summed E-state index contributed by atoms with van der Waals surface area (Å²) >= 11 is 1.98. The molecule has 0 heterocycles. The largest absolute Gasteiger partial charge is 0.313 e. The van der Waals surface area contributed by atoms with Gasteiger partial charge in [0.15, 0.2) is 0 Å². The predicted molar refractivity (Wildman–Crippen MR) is 81.4 cm³/mol. The van der Waals surface area contributed by atoms with Gasteiger partial charge in [-0.15, -0.1) is 11.8 Å².